The maximum Gasteiger partial charge on any atom is 0.265 e. The van der Waals surface area contributed by atoms with Gasteiger partial charge in [0.2, 0.25) is 5.89 Å². The van der Waals surface area contributed by atoms with Crippen molar-refractivity contribution in [2.24, 2.45) is 0 Å². The van der Waals surface area contributed by atoms with Crippen LogP contribution in [0.5, 0.6) is 0 Å². The van der Waals surface area contributed by atoms with Crippen LogP contribution in [0.3, 0.4) is 0 Å². The van der Waals surface area contributed by atoms with Gasteiger partial charge < -0.3 is 9.73 Å². The van der Waals surface area contributed by atoms with Gasteiger partial charge in [0, 0.05) is 17.5 Å². The molecule has 6 rings (SSSR count). The third-order valence-corrected chi connectivity index (χ3v) is 6.59. The summed E-state index contributed by atoms with van der Waals surface area (Å²) in [5.74, 6) is 0.529. The number of benzene rings is 3. The van der Waals surface area contributed by atoms with Gasteiger partial charge in [-0.05, 0) is 67.8 Å². The number of oxazole rings is 1. The second-order valence-corrected chi connectivity index (χ2v) is 8.85. The number of fused-ring (bicyclic) bond motifs is 4. The maximum atomic E-state index is 13.5. The number of nitriles is 1. The zero-order chi connectivity index (χ0) is 25.0. The number of aryl methyl sites for hydroxylation is 2. The van der Waals surface area contributed by atoms with Gasteiger partial charge in [0.05, 0.1) is 21.8 Å². The number of nitrogens with zero attached hydrogens (tertiary/aromatic N) is 4. The molecular weight excluding hydrogens is 450 g/mol. The molecule has 0 unspecified atom stereocenters. The van der Waals surface area contributed by atoms with Crippen molar-refractivity contribution in [1.29, 1.82) is 5.26 Å². The van der Waals surface area contributed by atoms with Crippen LogP contribution in [0.15, 0.2) is 69.9 Å². The van der Waals surface area contributed by atoms with Crippen molar-refractivity contribution in [2.45, 2.75) is 20.8 Å². The summed E-state index contributed by atoms with van der Waals surface area (Å²) < 4.78 is 7.51. The second kappa shape index (κ2) is 8.07. The van der Waals surface area contributed by atoms with Gasteiger partial charge in [-0.1, -0.05) is 30.3 Å². The molecule has 3 heterocycles. The molecule has 0 fully saturated rings. The van der Waals surface area contributed by atoms with E-state index in [0.29, 0.717) is 38.9 Å². The van der Waals surface area contributed by atoms with E-state index in [0.717, 1.165) is 33.5 Å². The van der Waals surface area contributed by atoms with Crippen LogP contribution in [0.4, 0.5) is 5.69 Å². The fraction of sp³-hybridized carbons (Fsp3) is 0.103. The summed E-state index contributed by atoms with van der Waals surface area (Å²) in [6.07, 6.45) is 1.66. The van der Waals surface area contributed by atoms with Crippen molar-refractivity contribution >= 4 is 39.7 Å². The molecule has 3 aromatic heterocycles. The molecule has 174 valence electrons. The van der Waals surface area contributed by atoms with Crippen LogP contribution < -0.4 is 16.1 Å². The van der Waals surface area contributed by atoms with Gasteiger partial charge >= 0.3 is 0 Å². The van der Waals surface area contributed by atoms with Gasteiger partial charge in [-0.3, -0.25) is 9.20 Å². The number of anilines is 1. The minimum atomic E-state index is -0.231. The lowest BCUT2D eigenvalue weighted by molar-refractivity contribution is 0.620. The Morgan fingerprint density at radius 1 is 1.00 bits per heavy atom. The van der Waals surface area contributed by atoms with Crippen molar-refractivity contribution in [2.75, 3.05) is 5.32 Å². The summed E-state index contributed by atoms with van der Waals surface area (Å²) in [4.78, 5) is 22.8. The van der Waals surface area contributed by atoms with Crippen LogP contribution in [0, 0.1) is 32.1 Å². The molecule has 0 aliphatic carbocycles. The Labute approximate surface area is 205 Å². The Hall–Kier alpha value is -4.96. The van der Waals surface area contributed by atoms with Gasteiger partial charge in [-0.15, -0.1) is 0 Å². The van der Waals surface area contributed by atoms with Gasteiger partial charge in [-0.25, -0.2) is 9.97 Å². The first kappa shape index (κ1) is 21.6. The largest absolute Gasteiger partial charge is 0.436 e. The third kappa shape index (κ3) is 3.23. The number of hydrogen-bond acceptors (Lipinski definition) is 6. The first-order valence-corrected chi connectivity index (χ1v) is 11.5. The first-order chi connectivity index (χ1) is 17.5. The Bertz CT molecular complexity index is 1990. The van der Waals surface area contributed by atoms with Crippen molar-refractivity contribution in [3.05, 3.63) is 98.5 Å². The standard InChI is InChI=1S/C29H21N5O2/c1-16-11-12-19(28-33-26-17(2)7-6-10-25(26)36-28)13-23(16)31-15-21-18(3)20(14-30)27-32-22-8-4-5-9-24(22)34(27)29(21)35/h4-13,15,31H,1-3H3/b21-15-. The summed E-state index contributed by atoms with van der Waals surface area (Å²) in [5.41, 5.74) is 7.70. The molecule has 0 aliphatic heterocycles. The predicted molar refractivity (Wildman–Crippen MR) is 141 cm³/mol. The summed E-state index contributed by atoms with van der Waals surface area (Å²) in [6, 6.07) is 21.4. The zero-order valence-electron chi connectivity index (χ0n) is 20.0. The van der Waals surface area contributed by atoms with Gasteiger partial charge in [0.15, 0.2) is 11.2 Å². The van der Waals surface area contributed by atoms with E-state index in [9.17, 15) is 10.1 Å². The molecule has 1 N–H and O–H groups in total. The van der Waals surface area contributed by atoms with E-state index in [2.05, 4.69) is 21.4 Å². The number of aromatic nitrogens is 3. The van der Waals surface area contributed by atoms with Crippen LogP contribution in [0.25, 0.3) is 45.4 Å². The van der Waals surface area contributed by atoms with Crippen LogP contribution in [0.2, 0.25) is 0 Å². The molecule has 7 nitrogen and oxygen atoms in total. The maximum absolute atomic E-state index is 13.5. The van der Waals surface area contributed by atoms with Crippen LogP contribution in [0.1, 0.15) is 22.3 Å². The summed E-state index contributed by atoms with van der Waals surface area (Å²) >= 11 is 0. The van der Waals surface area contributed by atoms with E-state index < -0.39 is 0 Å². The molecule has 0 saturated heterocycles. The Morgan fingerprint density at radius 3 is 2.64 bits per heavy atom. The highest BCUT2D eigenvalue weighted by Crippen LogP contribution is 2.29. The third-order valence-electron chi connectivity index (χ3n) is 6.59. The number of para-hydroxylation sites is 3. The summed E-state index contributed by atoms with van der Waals surface area (Å²) in [6.45, 7) is 5.76. The topological polar surface area (TPSA) is 96.2 Å². The minimum absolute atomic E-state index is 0.231. The fourth-order valence-electron chi connectivity index (χ4n) is 4.56. The zero-order valence-corrected chi connectivity index (χ0v) is 20.0. The van der Waals surface area contributed by atoms with Crippen molar-refractivity contribution in [3.63, 3.8) is 0 Å². The van der Waals surface area contributed by atoms with Crippen molar-refractivity contribution in [3.8, 4) is 17.5 Å². The van der Waals surface area contributed by atoms with Gasteiger partial charge in [0.25, 0.3) is 5.56 Å². The lowest BCUT2D eigenvalue weighted by atomic mass is 10.1. The monoisotopic (exact) mass is 471 g/mol. The van der Waals surface area contributed by atoms with Gasteiger partial charge in [0.1, 0.15) is 11.6 Å². The predicted octanol–water partition coefficient (Wildman–Crippen LogP) is 5.02. The fourth-order valence-corrected chi connectivity index (χ4v) is 4.56. The van der Waals surface area contributed by atoms with Gasteiger partial charge in [-0.2, -0.15) is 5.26 Å². The van der Waals surface area contributed by atoms with E-state index in [1.54, 1.807) is 13.1 Å². The molecule has 0 aliphatic rings. The van der Waals surface area contributed by atoms with E-state index >= 15 is 0 Å². The lowest BCUT2D eigenvalue weighted by Crippen LogP contribution is -2.35. The second-order valence-electron chi connectivity index (χ2n) is 8.85. The number of nitrogens with one attached hydrogen (secondary N) is 1. The molecule has 0 radical (unpaired) electrons. The van der Waals surface area contributed by atoms with E-state index in [-0.39, 0.29) is 5.56 Å². The van der Waals surface area contributed by atoms with Crippen molar-refractivity contribution < 1.29 is 4.42 Å². The van der Waals surface area contributed by atoms with Crippen LogP contribution in [-0.2, 0) is 0 Å². The molecule has 0 amide bonds. The highest BCUT2D eigenvalue weighted by Gasteiger charge is 2.16. The Balaban J connectivity index is 1.49. The number of hydrogen-bond donors (Lipinski definition) is 1. The Morgan fingerprint density at radius 2 is 1.83 bits per heavy atom. The molecule has 36 heavy (non-hydrogen) atoms. The van der Waals surface area contributed by atoms with E-state index in [1.807, 2.05) is 74.5 Å². The Kier molecular flexibility index (Phi) is 4.83. The molecule has 6 aromatic rings. The molecule has 7 heteroatoms. The SMILES string of the molecule is Cc1ccc(-c2nc3c(C)cccc3o2)cc1N/C=c1/c(C)c(C#N)c2nc3ccccc3n2c1=O. The average Bonchev–Trinajstić information content (AvgIpc) is 3.48. The lowest BCUT2D eigenvalue weighted by Gasteiger charge is -2.08. The van der Waals surface area contributed by atoms with Crippen molar-refractivity contribution in [1.82, 2.24) is 14.4 Å². The molecular formula is C29H21N5O2. The summed E-state index contributed by atoms with van der Waals surface area (Å²) in [5, 5.41) is 13.6. The number of imidazole rings is 1. The average molecular weight is 472 g/mol. The quantitative estimate of drug-likeness (QED) is 0.389. The number of pyridine rings is 1. The van der Waals surface area contributed by atoms with Crippen LogP contribution in [-0.4, -0.2) is 14.4 Å². The normalized spacial score (nSPS) is 12.0. The molecule has 0 saturated carbocycles. The van der Waals surface area contributed by atoms with E-state index in [1.165, 1.54) is 4.40 Å². The molecule has 0 atom stereocenters. The minimum Gasteiger partial charge on any atom is -0.436 e. The number of rotatable bonds is 3. The van der Waals surface area contributed by atoms with Crippen LogP contribution >= 0.6 is 0 Å². The first-order valence-electron chi connectivity index (χ1n) is 11.5. The molecule has 0 bridgehead atoms. The molecule has 0 spiro atoms. The molecule has 3 aromatic carbocycles. The van der Waals surface area contributed by atoms with E-state index in [4.69, 9.17) is 4.42 Å². The highest BCUT2D eigenvalue weighted by molar-refractivity contribution is 5.83. The highest BCUT2D eigenvalue weighted by atomic mass is 16.3. The smallest absolute Gasteiger partial charge is 0.265 e. The summed E-state index contributed by atoms with van der Waals surface area (Å²) in [7, 11) is 0.